The molecular formula is C10H18F2. The summed E-state index contributed by atoms with van der Waals surface area (Å²) < 4.78 is 24.8. The Balaban J connectivity index is 0.000000213. The summed E-state index contributed by atoms with van der Waals surface area (Å²) in [4.78, 5) is 0. The molecule has 0 saturated heterocycles. The van der Waals surface area contributed by atoms with E-state index in [2.05, 4.69) is 20.8 Å². The summed E-state index contributed by atoms with van der Waals surface area (Å²) >= 11 is 0. The molecule has 0 N–H and O–H groups in total. The summed E-state index contributed by atoms with van der Waals surface area (Å²) in [6, 6.07) is 0. The number of fused-ring (bicyclic) bond motifs is 1. The van der Waals surface area contributed by atoms with Gasteiger partial charge in [-0.15, -0.1) is 0 Å². The number of hydrogen-bond donors (Lipinski definition) is 0. The fourth-order valence-electron chi connectivity index (χ4n) is 2.07. The molecule has 0 spiro atoms. The Morgan fingerprint density at radius 3 is 1.75 bits per heavy atom. The van der Waals surface area contributed by atoms with Gasteiger partial charge in [-0.3, -0.25) is 0 Å². The van der Waals surface area contributed by atoms with Crippen LogP contribution in [0.5, 0.6) is 0 Å². The lowest BCUT2D eigenvalue weighted by Gasteiger charge is -2.05. The zero-order valence-electron chi connectivity index (χ0n) is 8.11. The molecule has 0 aromatic carbocycles. The predicted octanol–water partition coefficient (Wildman–Crippen LogP) is 3.71. The molecule has 2 heteroatoms. The average molecular weight is 176 g/mol. The molecule has 0 bridgehead atoms. The third-order valence-electron chi connectivity index (χ3n) is 2.68. The van der Waals surface area contributed by atoms with Crippen LogP contribution in [0.3, 0.4) is 0 Å². The predicted molar refractivity (Wildman–Crippen MR) is 46.3 cm³/mol. The van der Waals surface area contributed by atoms with E-state index in [1.165, 1.54) is 6.42 Å². The Kier molecular flexibility index (Phi) is 2.74. The standard InChI is InChI=1S/C7H10F2.C3H8/c1-4-2-5-6(3-4)7(5,8)9;1-3-2/h4-6H,2-3H2,1H3;3H2,1-2H3. The molecular weight excluding hydrogens is 158 g/mol. The van der Waals surface area contributed by atoms with Gasteiger partial charge in [0.25, 0.3) is 5.92 Å². The monoisotopic (exact) mass is 176 g/mol. The molecule has 0 aromatic rings. The van der Waals surface area contributed by atoms with Gasteiger partial charge in [0.15, 0.2) is 0 Å². The minimum absolute atomic E-state index is 0.229. The SMILES string of the molecule is CC1CC2C(C1)C2(F)F.CCC. The molecule has 0 aromatic heterocycles. The highest BCUT2D eigenvalue weighted by atomic mass is 19.3. The van der Waals surface area contributed by atoms with Gasteiger partial charge in [0.1, 0.15) is 0 Å². The normalized spacial score (nSPS) is 41.2. The van der Waals surface area contributed by atoms with Crippen LogP contribution in [0, 0.1) is 17.8 Å². The molecule has 2 unspecified atom stereocenters. The lowest BCUT2D eigenvalue weighted by molar-refractivity contribution is 0.0654. The van der Waals surface area contributed by atoms with Crippen LogP contribution in [-0.2, 0) is 0 Å². The van der Waals surface area contributed by atoms with Crippen molar-refractivity contribution >= 4 is 0 Å². The zero-order valence-corrected chi connectivity index (χ0v) is 8.11. The van der Waals surface area contributed by atoms with Gasteiger partial charge in [0.2, 0.25) is 0 Å². The summed E-state index contributed by atoms with van der Waals surface area (Å²) in [6.45, 7) is 6.31. The van der Waals surface area contributed by atoms with Crippen molar-refractivity contribution in [1.29, 1.82) is 0 Å². The van der Waals surface area contributed by atoms with Crippen LogP contribution in [0.15, 0.2) is 0 Å². The van der Waals surface area contributed by atoms with Gasteiger partial charge in [0.05, 0.1) is 0 Å². The molecule has 2 aliphatic rings. The smallest absolute Gasteiger partial charge is 0.206 e. The minimum Gasteiger partial charge on any atom is -0.206 e. The highest BCUT2D eigenvalue weighted by Crippen LogP contribution is 2.65. The van der Waals surface area contributed by atoms with Crippen molar-refractivity contribution in [2.24, 2.45) is 17.8 Å². The second-order valence-electron chi connectivity index (χ2n) is 4.17. The van der Waals surface area contributed by atoms with E-state index in [1.54, 1.807) is 0 Å². The molecule has 0 amide bonds. The number of rotatable bonds is 0. The third kappa shape index (κ3) is 1.62. The number of halogens is 2. The Hall–Kier alpha value is -0.140. The summed E-state index contributed by atoms with van der Waals surface area (Å²) in [7, 11) is 0. The minimum atomic E-state index is -2.26. The van der Waals surface area contributed by atoms with Gasteiger partial charge in [-0.05, 0) is 18.8 Å². The quantitative estimate of drug-likeness (QED) is 0.527. The van der Waals surface area contributed by atoms with Crippen molar-refractivity contribution in [2.75, 3.05) is 0 Å². The lowest BCUT2D eigenvalue weighted by Crippen LogP contribution is -2.04. The van der Waals surface area contributed by atoms with Crippen LogP contribution in [-0.4, -0.2) is 5.92 Å². The van der Waals surface area contributed by atoms with E-state index in [-0.39, 0.29) is 11.8 Å². The molecule has 0 aliphatic heterocycles. The maximum Gasteiger partial charge on any atom is 0.254 e. The van der Waals surface area contributed by atoms with E-state index in [0.29, 0.717) is 5.92 Å². The molecule has 2 aliphatic carbocycles. The van der Waals surface area contributed by atoms with Crippen molar-refractivity contribution in [2.45, 2.75) is 46.0 Å². The first kappa shape index (κ1) is 9.94. The highest BCUT2D eigenvalue weighted by Gasteiger charge is 2.70. The summed E-state index contributed by atoms with van der Waals surface area (Å²) in [6.07, 6.45) is 2.77. The van der Waals surface area contributed by atoms with Crippen LogP contribution in [0.2, 0.25) is 0 Å². The fourth-order valence-corrected chi connectivity index (χ4v) is 2.07. The largest absolute Gasteiger partial charge is 0.254 e. The van der Waals surface area contributed by atoms with Crippen LogP contribution < -0.4 is 0 Å². The van der Waals surface area contributed by atoms with Gasteiger partial charge in [-0.2, -0.15) is 0 Å². The van der Waals surface area contributed by atoms with E-state index in [0.717, 1.165) is 12.8 Å². The maximum absolute atomic E-state index is 12.4. The summed E-state index contributed by atoms with van der Waals surface area (Å²) in [5, 5.41) is 0. The van der Waals surface area contributed by atoms with E-state index < -0.39 is 5.92 Å². The van der Waals surface area contributed by atoms with Crippen molar-refractivity contribution < 1.29 is 8.78 Å². The van der Waals surface area contributed by atoms with Crippen molar-refractivity contribution in [3.8, 4) is 0 Å². The number of hydrogen-bond acceptors (Lipinski definition) is 0. The van der Waals surface area contributed by atoms with E-state index in [1.807, 2.05) is 0 Å². The van der Waals surface area contributed by atoms with E-state index >= 15 is 0 Å². The van der Waals surface area contributed by atoms with Crippen LogP contribution in [0.25, 0.3) is 0 Å². The van der Waals surface area contributed by atoms with Crippen molar-refractivity contribution in [1.82, 2.24) is 0 Å². The Labute approximate surface area is 73.3 Å². The third-order valence-corrected chi connectivity index (χ3v) is 2.68. The first-order valence-corrected chi connectivity index (χ1v) is 4.91. The molecule has 72 valence electrons. The van der Waals surface area contributed by atoms with Crippen LogP contribution in [0.1, 0.15) is 40.0 Å². The molecule has 0 radical (unpaired) electrons. The lowest BCUT2D eigenvalue weighted by atomic mass is 10.1. The first-order chi connectivity index (χ1) is 5.54. The molecule has 0 heterocycles. The second kappa shape index (κ2) is 3.31. The van der Waals surface area contributed by atoms with Gasteiger partial charge >= 0.3 is 0 Å². The van der Waals surface area contributed by atoms with Crippen molar-refractivity contribution in [3.63, 3.8) is 0 Å². The second-order valence-corrected chi connectivity index (χ2v) is 4.17. The molecule has 2 rings (SSSR count). The maximum atomic E-state index is 12.4. The molecule has 2 atom stereocenters. The van der Waals surface area contributed by atoms with Gasteiger partial charge in [-0.25, -0.2) is 8.78 Å². The van der Waals surface area contributed by atoms with Crippen LogP contribution >= 0.6 is 0 Å². The summed E-state index contributed by atoms with van der Waals surface area (Å²) in [5.74, 6) is -2.16. The highest BCUT2D eigenvalue weighted by molar-refractivity contribution is 5.10. The Morgan fingerprint density at radius 1 is 1.17 bits per heavy atom. The topological polar surface area (TPSA) is 0 Å². The fraction of sp³-hybridized carbons (Fsp3) is 1.00. The molecule has 2 saturated carbocycles. The Morgan fingerprint density at radius 2 is 1.50 bits per heavy atom. The van der Waals surface area contributed by atoms with Crippen LogP contribution in [0.4, 0.5) is 8.78 Å². The van der Waals surface area contributed by atoms with E-state index in [9.17, 15) is 8.78 Å². The number of alkyl halides is 2. The van der Waals surface area contributed by atoms with Gasteiger partial charge in [-0.1, -0.05) is 27.2 Å². The van der Waals surface area contributed by atoms with Gasteiger partial charge < -0.3 is 0 Å². The summed E-state index contributed by atoms with van der Waals surface area (Å²) in [5.41, 5.74) is 0. The van der Waals surface area contributed by atoms with Gasteiger partial charge in [0, 0.05) is 11.8 Å². The molecule has 2 fully saturated rings. The first-order valence-electron chi connectivity index (χ1n) is 4.91. The Bertz CT molecular complexity index is 140. The zero-order chi connectivity index (χ0) is 9.35. The molecule has 0 nitrogen and oxygen atoms in total. The molecule has 12 heavy (non-hydrogen) atoms. The van der Waals surface area contributed by atoms with Crippen molar-refractivity contribution in [3.05, 3.63) is 0 Å². The average Bonchev–Trinajstić information content (AvgIpc) is 2.40. The van der Waals surface area contributed by atoms with E-state index in [4.69, 9.17) is 0 Å².